The van der Waals surface area contributed by atoms with Crippen LogP contribution >= 0.6 is 0 Å². The fraction of sp³-hybridized carbons (Fsp3) is 0.0370. The van der Waals surface area contributed by atoms with Gasteiger partial charge in [-0.1, -0.05) is 109 Å². The van der Waals surface area contributed by atoms with Gasteiger partial charge in [-0.15, -0.1) is 0 Å². The van der Waals surface area contributed by atoms with Crippen molar-refractivity contribution in [2.75, 3.05) is 0 Å². The molecule has 2 aliphatic carbocycles. The van der Waals surface area contributed by atoms with Crippen molar-refractivity contribution >= 4 is 6.08 Å². The molecule has 0 aliphatic heterocycles. The number of rotatable bonds is 0. The molecule has 0 nitrogen and oxygen atoms in total. The van der Waals surface area contributed by atoms with E-state index < -0.39 is 0 Å². The van der Waals surface area contributed by atoms with Crippen molar-refractivity contribution in [2.45, 2.75) is 5.41 Å². The second kappa shape index (κ2) is 5.31. The molecular formula is C27H18. The van der Waals surface area contributed by atoms with Crippen LogP contribution in [0.2, 0.25) is 0 Å². The standard InChI is InChI=1S/C27H18/c1-2-10-20-19(9-1)17-18-27(24-14-6-3-11-21(20)24)25-15-7-4-12-22(25)23-13-5-8-16-26(23)27/h1-18H. The number of hydrogen-bond acceptors (Lipinski definition) is 0. The average Bonchev–Trinajstić information content (AvgIpc) is 2.94. The van der Waals surface area contributed by atoms with E-state index in [9.17, 15) is 0 Å². The summed E-state index contributed by atoms with van der Waals surface area (Å²) in [4.78, 5) is 0. The molecule has 4 aromatic carbocycles. The Morgan fingerprint density at radius 1 is 0.407 bits per heavy atom. The Hall–Kier alpha value is -3.38. The first-order chi connectivity index (χ1) is 13.4. The van der Waals surface area contributed by atoms with E-state index in [1.807, 2.05) is 0 Å². The fourth-order valence-electron chi connectivity index (χ4n) is 4.99. The summed E-state index contributed by atoms with van der Waals surface area (Å²) in [7, 11) is 0. The maximum atomic E-state index is 2.42. The SMILES string of the molecule is C1=CC2(c3ccccc3-c3ccccc31)c1ccccc1-c1ccccc12. The lowest BCUT2D eigenvalue weighted by molar-refractivity contribution is 0.813. The summed E-state index contributed by atoms with van der Waals surface area (Å²) in [5, 5.41) is 0. The number of hydrogen-bond donors (Lipinski definition) is 0. The third kappa shape index (κ3) is 1.82. The molecule has 0 aromatic heterocycles. The van der Waals surface area contributed by atoms with E-state index in [1.165, 1.54) is 44.5 Å². The van der Waals surface area contributed by atoms with Gasteiger partial charge in [0.05, 0.1) is 5.41 Å². The van der Waals surface area contributed by atoms with Crippen molar-refractivity contribution < 1.29 is 0 Å². The largest absolute Gasteiger partial charge is 0.0653 e. The Bertz CT molecular complexity index is 1180. The molecule has 0 unspecified atom stereocenters. The van der Waals surface area contributed by atoms with Gasteiger partial charge in [-0.05, 0) is 44.5 Å². The van der Waals surface area contributed by atoms with E-state index in [4.69, 9.17) is 0 Å². The summed E-state index contributed by atoms with van der Waals surface area (Å²) in [6.45, 7) is 0. The molecule has 0 heteroatoms. The Kier molecular flexibility index (Phi) is 2.90. The minimum absolute atomic E-state index is 0.247. The third-order valence-electron chi connectivity index (χ3n) is 6.11. The maximum absolute atomic E-state index is 2.42. The molecule has 6 rings (SSSR count). The molecule has 0 saturated heterocycles. The highest BCUT2D eigenvalue weighted by atomic mass is 14.5. The molecule has 4 aromatic rings. The molecule has 0 atom stereocenters. The topological polar surface area (TPSA) is 0 Å². The summed E-state index contributed by atoms with van der Waals surface area (Å²) in [5.41, 5.74) is 10.5. The van der Waals surface area contributed by atoms with Gasteiger partial charge in [-0.3, -0.25) is 0 Å². The summed E-state index contributed by atoms with van der Waals surface area (Å²) in [5.74, 6) is 0. The van der Waals surface area contributed by atoms with E-state index in [-0.39, 0.29) is 5.41 Å². The summed E-state index contributed by atoms with van der Waals surface area (Å²) in [6, 6.07) is 35.4. The van der Waals surface area contributed by atoms with Crippen LogP contribution in [-0.4, -0.2) is 0 Å². The molecule has 27 heavy (non-hydrogen) atoms. The fourth-order valence-corrected chi connectivity index (χ4v) is 4.99. The van der Waals surface area contributed by atoms with Gasteiger partial charge in [0.15, 0.2) is 0 Å². The Morgan fingerprint density at radius 3 is 1.37 bits per heavy atom. The first-order valence-corrected chi connectivity index (χ1v) is 9.47. The minimum Gasteiger partial charge on any atom is -0.0645 e. The van der Waals surface area contributed by atoms with Crippen LogP contribution in [0.1, 0.15) is 22.3 Å². The molecule has 2 aliphatic rings. The number of benzene rings is 4. The van der Waals surface area contributed by atoms with Crippen LogP contribution < -0.4 is 0 Å². The first-order valence-electron chi connectivity index (χ1n) is 9.47. The summed E-state index contributed by atoms with van der Waals surface area (Å²) >= 11 is 0. The zero-order chi connectivity index (χ0) is 17.8. The van der Waals surface area contributed by atoms with Crippen molar-refractivity contribution in [3.8, 4) is 22.3 Å². The zero-order valence-corrected chi connectivity index (χ0v) is 14.9. The summed E-state index contributed by atoms with van der Waals surface area (Å²) < 4.78 is 0. The minimum atomic E-state index is -0.247. The predicted molar refractivity (Wildman–Crippen MR) is 113 cm³/mol. The van der Waals surface area contributed by atoms with Gasteiger partial charge < -0.3 is 0 Å². The van der Waals surface area contributed by atoms with Crippen molar-refractivity contribution in [3.63, 3.8) is 0 Å². The van der Waals surface area contributed by atoms with Crippen LogP contribution in [0, 0.1) is 0 Å². The van der Waals surface area contributed by atoms with E-state index in [0.717, 1.165) is 0 Å². The van der Waals surface area contributed by atoms with Gasteiger partial charge in [0.1, 0.15) is 0 Å². The van der Waals surface area contributed by atoms with Crippen molar-refractivity contribution in [3.05, 3.63) is 125 Å². The van der Waals surface area contributed by atoms with E-state index in [0.29, 0.717) is 0 Å². The quantitative estimate of drug-likeness (QED) is 0.334. The predicted octanol–water partition coefficient (Wildman–Crippen LogP) is 6.70. The molecule has 1 spiro atoms. The number of fused-ring (bicyclic) bond motifs is 9. The van der Waals surface area contributed by atoms with Crippen LogP contribution in [0.5, 0.6) is 0 Å². The normalized spacial score (nSPS) is 14.8. The van der Waals surface area contributed by atoms with Crippen LogP contribution in [0.25, 0.3) is 28.3 Å². The highest BCUT2D eigenvalue weighted by molar-refractivity contribution is 5.91. The summed E-state index contributed by atoms with van der Waals surface area (Å²) in [6.07, 6.45) is 4.73. The Balaban J connectivity index is 1.81. The molecule has 0 amide bonds. The second-order valence-electron chi connectivity index (χ2n) is 7.37. The molecule has 0 radical (unpaired) electrons. The second-order valence-corrected chi connectivity index (χ2v) is 7.37. The van der Waals surface area contributed by atoms with Crippen molar-refractivity contribution in [1.82, 2.24) is 0 Å². The average molecular weight is 342 g/mol. The highest BCUT2D eigenvalue weighted by Crippen LogP contribution is 2.56. The zero-order valence-electron chi connectivity index (χ0n) is 14.9. The van der Waals surface area contributed by atoms with E-state index in [1.54, 1.807) is 0 Å². The Labute approximate surface area is 159 Å². The maximum Gasteiger partial charge on any atom is 0.0653 e. The van der Waals surface area contributed by atoms with Gasteiger partial charge >= 0.3 is 0 Å². The van der Waals surface area contributed by atoms with Crippen molar-refractivity contribution in [1.29, 1.82) is 0 Å². The van der Waals surface area contributed by atoms with Crippen LogP contribution in [0.3, 0.4) is 0 Å². The van der Waals surface area contributed by atoms with Crippen molar-refractivity contribution in [2.24, 2.45) is 0 Å². The van der Waals surface area contributed by atoms with Crippen LogP contribution in [-0.2, 0) is 5.41 Å². The number of allylic oxidation sites excluding steroid dienone is 1. The van der Waals surface area contributed by atoms with Gasteiger partial charge in [0.25, 0.3) is 0 Å². The smallest absolute Gasteiger partial charge is 0.0645 e. The monoisotopic (exact) mass is 342 g/mol. The molecule has 0 bridgehead atoms. The molecular weight excluding hydrogens is 324 g/mol. The third-order valence-corrected chi connectivity index (χ3v) is 6.11. The first kappa shape index (κ1) is 14.8. The molecule has 0 N–H and O–H groups in total. The lowest BCUT2D eigenvalue weighted by Crippen LogP contribution is -2.24. The van der Waals surface area contributed by atoms with E-state index >= 15 is 0 Å². The Morgan fingerprint density at radius 2 is 0.815 bits per heavy atom. The molecule has 0 fully saturated rings. The van der Waals surface area contributed by atoms with Gasteiger partial charge in [0, 0.05) is 0 Å². The molecule has 0 saturated carbocycles. The lowest BCUT2D eigenvalue weighted by atomic mass is 9.71. The lowest BCUT2D eigenvalue weighted by Gasteiger charge is -2.30. The van der Waals surface area contributed by atoms with Gasteiger partial charge in [-0.2, -0.15) is 0 Å². The van der Waals surface area contributed by atoms with Crippen LogP contribution in [0.15, 0.2) is 103 Å². The van der Waals surface area contributed by atoms with E-state index in [2.05, 4.69) is 109 Å². The van der Waals surface area contributed by atoms with Crippen LogP contribution in [0.4, 0.5) is 0 Å². The highest BCUT2D eigenvalue weighted by Gasteiger charge is 2.44. The van der Waals surface area contributed by atoms with Gasteiger partial charge in [0.2, 0.25) is 0 Å². The van der Waals surface area contributed by atoms with Gasteiger partial charge in [-0.25, -0.2) is 0 Å². The molecule has 0 heterocycles. The molecule has 126 valence electrons.